The number of ketones is 1. The molecule has 2 unspecified atom stereocenters. The van der Waals surface area contributed by atoms with Gasteiger partial charge in [0.05, 0.1) is 6.10 Å². The van der Waals surface area contributed by atoms with E-state index in [9.17, 15) is 9.90 Å². The Kier molecular flexibility index (Phi) is 2.03. The molecule has 0 spiro atoms. The Morgan fingerprint density at radius 3 is 3.08 bits per heavy atom. The molecule has 0 amide bonds. The molecule has 2 aliphatic rings. The van der Waals surface area contributed by atoms with E-state index in [1.165, 1.54) is 18.4 Å². The zero-order valence-electron chi connectivity index (χ0n) is 8.05. The summed E-state index contributed by atoms with van der Waals surface area (Å²) >= 11 is 0. The summed E-state index contributed by atoms with van der Waals surface area (Å²) in [6.45, 7) is 2.09. The summed E-state index contributed by atoms with van der Waals surface area (Å²) in [5.74, 6) is 0.0990. The first-order valence-corrected chi connectivity index (χ1v) is 5.05. The highest BCUT2D eigenvalue weighted by molar-refractivity contribution is 5.92. The fourth-order valence-electron chi connectivity index (χ4n) is 2.54. The Morgan fingerprint density at radius 2 is 2.31 bits per heavy atom. The maximum Gasteiger partial charge on any atom is 0.158 e. The van der Waals surface area contributed by atoms with Crippen LogP contribution in [0.3, 0.4) is 0 Å². The van der Waals surface area contributed by atoms with E-state index in [1.54, 1.807) is 6.08 Å². The lowest BCUT2D eigenvalue weighted by Gasteiger charge is -2.42. The zero-order chi connectivity index (χ0) is 9.47. The molecular formula is C11H16O2. The highest BCUT2D eigenvalue weighted by atomic mass is 16.3. The lowest BCUT2D eigenvalue weighted by atomic mass is 9.64. The quantitative estimate of drug-likeness (QED) is 0.617. The third kappa shape index (κ3) is 1.33. The zero-order valence-corrected chi connectivity index (χ0v) is 8.05. The van der Waals surface area contributed by atoms with Gasteiger partial charge in [-0.3, -0.25) is 4.79 Å². The average Bonchev–Trinajstić information content (AvgIpc) is 2.07. The Hall–Kier alpha value is -0.630. The van der Waals surface area contributed by atoms with Crippen LogP contribution in [-0.2, 0) is 4.79 Å². The van der Waals surface area contributed by atoms with E-state index in [2.05, 4.69) is 6.92 Å². The van der Waals surface area contributed by atoms with Crippen molar-refractivity contribution in [2.24, 2.45) is 5.41 Å². The van der Waals surface area contributed by atoms with Crippen LogP contribution >= 0.6 is 0 Å². The third-order valence-corrected chi connectivity index (χ3v) is 3.59. The molecule has 13 heavy (non-hydrogen) atoms. The number of hydrogen-bond donors (Lipinski definition) is 1. The van der Waals surface area contributed by atoms with Crippen LogP contribution in [-0.4, -0.2) is 17.0 Å². The molecule has 2 atom stereocenters. The second-order valence-electron chi connectivity index (χ2n) is 4.48. The largest absolute Gasteiger partial charge is 0.392 e. The summed E-state index contributed by atoms with van der Waals surface area (Å²) in [4.78, 5) is 11.2. The van der Waals surface area contributed by atoms with E-state index in [1.807, 2.05) is 0 Å². The molecule has 1 fully saturated rings. The molecule has 1 saturated carbocycles. The molecule has 0 aliphatic heterocycles. The summed E-state index contributed by atoms with van der Waals surface area (Å²) < 4.78 is 0. The van der Waals surface area contributed by atoms with Gasteiger partial charge in [0.1, 0.15) is 0 Å². The van der Waals surface area contributed by atoms with Gasteiger partial charge in [0, 0.05) is 11.8 Å². The average molecular weight is 180 g/mol. The Morgan fingerprint density at radius 1 is 1.54 bits per heavy atom. The first-order chi connectivity index (χ1) is 6.13. The Labute approximate surface area is 78.6 Å². The van der Waals surface area contributed by atoms with Gasteiger partial charge >= 0.3 is 0 Å². The van der Waals surface area contributed by atoms with Crippen molar-refractivity contribution in [3.8, 4) is 0 Å². The number of carbonyl (C=O) groups is 1. The minimum atomic E-state index is -0.444. The molecule has 0 heterocycles. The fourth-order valence-corrected chi connectivity index (χ4v) is 2.54. The van der Waals surface area contributed by atoms with Crippen molar-refractivity contribution in [3.05, 3.63) is 11.6 Å². The van der Waals surface area contributed by atoms with Crippen LogP contribution in [0.1, 0.15) is 39.0 Å². The number of fused-ring (bicyclic) bond motifs is 1. The van der Waals surface area contributed by atoms with Crippen molar-refractivity contribution in [1.29, 1.82) is 0 Å². The first-order valence-electron chi connectivity index (χ1n) is 5.05. The van der Waals surface area contributed by atoms with Gasteiger partial charge in [0.25, 0.3) is 0 Å². The van der Waals surface area contributed by atoms with Gasteiger partial charge in [-0.1, -0.05) is 18.9 Å². The lowest BCUT2D eigenvalue weighted by Crippen LogP contribution is -2.40. The van der Waals surface area contributed by atoms with Gasteiger partial charge in [0.2, 0.25) is 0 Å². The van der Waals surface area contributed by atoms with Crippen LogP contribution in [0, 0.1) is 5.41 Å². The standard InChI is InChI=1S/C11H16O2/c1-11-5-3-2-4-8(11)6-9(12)7-10(11)13/h6,10,13H,2-5,7H2,1H3. The van der Waals surface area contributed by atoms with Gasteiger partial charge < -0.3 is 5.11 Å². The van der Waals surface area contributed by atoms with E-state index < -0.39 is 6.10 Å². The fraction of sp³-hybridized carbons (Fsp3) is 0.727. The van der Waals surface area contributed by atoms with Crippen LogP contribution in [0.25, 0.3) is 0 Å². The highest BCUT2D eigenvalue weighted by Crippen LogP contribution is 2.46. The third-order valence-electron chi connectivity index (χ3n) is 3.59. The molecule has 2 aliphatic carbocycles. The van der Waals surface area contributed by atoms with Crippen molar-refractivity contribution in [3.63, 3.8) is 0 Å². The van der Waals surface area contributed by atoms with E-state index in [4.69, 9.17) is 0 Å². The summed E-state index contributed by atoms with van der Waals surface area (Å²) in [7, 11) is 0. The molecule has 2 nitrogen and oxygen atoms in total. The van der Waals surface area contributed by atoms with Crippen LogP contribution in [0.2, 0.25) is 0 Å². The van der Waals surface area contributed by atoms with Gasteiger partial charge in [-0.25, -0.2) is 0 Å². The number of aliphatic hydroxyl groups is 1. The van der Waals surface area contributed by atoms with E-state index >= 15 is 0 Å². The number of aliphatic hydroxyl groups excluding tert-OH is 1. The van der Waals surface area contributed by atoms with Crippen molar-refractivity contribution in [1.82, 2.24) is 0 Å². The topological polar surface area (TPSA) is 37.3 Å². The van der Waals surface area contributed by atoms with Gasteiger partial charge in [-0.2, -0.15) is 0 Å². The Balaban J connectivity index is 2.35. The van der Waals surface area contributed by atoms with E-state index in [-0.39, 0.29) is 11.2 Å². The van der Waals surface area contributed by atoms with Crippen molar-refractivity contribution >= 4 is 5.78 Å². The van der Waals surface area contributed by atoms with E-state index in [0.717, 1.165) is 12.8 Å². The highest BCUT2D eigenvalue weighted by Gasteiger charge is 2.41. The van der Waals surface area contributed by atoms with Crippen LogP contribution in [0.5, 0.6) is 0 Å². The predicted molar refractivity (Wildman–Crippen MR) is 50.3 cm³/mol. The lowest BCUT2D eigenvalue weighted by molar-refractivity contribution is -0.119. The smallest absolute Gasteiger partial charge is 0.158 e. The molecule has 0 radical (unpaired) electrons. The monoisotopic (exact) mass is 180 g/mol. The molecule has 2 heteroatoms. The summed E-state index contributed by atoms with van der Waals surface area (Å²) in [6.07, 6.45) is 6.03. The summed E-state index contributed by atoms with van der Waals surface area (Å²) in [6, 6.07) is 0. The molecule has 0 saturated heterocycles. The molecule has 1 N–H and O–H groups in total. The SMILES string of the molecule is CC12CCCCC1=CC(=O)CC2O. The number of rotatable bonds is 0. The first kappa shape index (κ1) is 8.95. The second kappa shape index (κ2) is 2.95. The van der Waals surface area contributed by atoms with Gasteiger partial charge in [-0.05, 0) is 25.3 Å². The molecular weight excluding hydrogens is 164 g/mol. The van der Waals surface area contributed by atoms with Crippen molar-refractivity contribution < 1.29 is 9.90 Å². The van der Waals surface area contributed by atoms with E-state index in [0.29, 0.717) is 6.42 Å². The molecule has 0 aromatic carbocycles. The van der Waals surface area contributed by atoms with Crippen LogP contribution in [0.4, 0.5) is 0 Å². The second-order valence-corrected chi connectivity index (χ2v) is 4.48. The van der Waals surface area contributed by atoms with Crippen molar-refractivity contribution in [2.75, 3.05) is 0 Å². The van der Waals surface area contributed by atoms with Crippen LogP contribution < -0.4 is 0 Å². The maximum absolute atomic E-state index is 11.2. The summed E-state index contributed by atoms with van der Waals surface area (Å²) in [5, 5.41) is 9.87. The molecule has 0 aromatic rings. The molecule has 0 aromatic heterocycles. The molecule has 2 rings (SSSR count). The number of hydrogen-bond acceptors (Lipinski definition) is 2. The predicted octanol–water partition coefficient (Wildman–Crippen LogP) is 1.83. The number of carbonyl (C=O) groups excluding carboxylic acids is 1. The van der Waals surface area contributed by atoms with Gasteiger partial charge in [0.15, 0.2) is 5.78 Å². The number of allylic oxidation sites excluding steroid dienone is 1. The van der Waals surface area contributed by atoms with Crippen LogP contribution in [0.15, 0.2) is 11.6 Å². The van der Waals surface area contributed by atoms with Crippen molar-refractivity contribution in [2.45, 2.75) is 45.1 Å². The Bertz CT molecular complexity index is 267. The normalized spacial score (nSPS) is 39.7. The molecule has 72 valence electrons. The minimum Gasteiger partial charge on any atom is -0.392 e. The maximum atomic E-state index is 11.2. The summed E-state index contributed by atoms with van der Waals surface area (Å²) in [5.41, 5.74) is 1.09. The molecule has 0 bridgehead atoms. The van der Waals surface area contributed by atoms with Gasteiger partial charge in [-0.15, -0.1) is 0 Å². The minimum absolute atomic E-state index is 0.0911.